The van der Waals surface area contributed by atoms with Crippen molar-refractivity contribution in [3.8, 4) is 5.75 Å². The Morgan fingerprint density at radius 3 is 2.67 bits per heavy atom. The average molecular weight is 408 g/mol. The highest BCUT2D eigenvalue weighted by atomic mass is 16.5. The molecule has 1 aromatic heterocycles. The highest BCUT2D eigenvalue weighted by Gasteiger charge is 2.43. The molecule has 1 saturated heterocycles. The first-order valence-electron chi connectivity index (χ1n) is 11.2. The maximum absolute atomic E-state index is 12.6. The minimum Gasteiger partial charge on any atom is -0.487 e. The van der Waals surface area contributed by atoms with E-state index in [0.29, 0.717) is 12.3 Å². The number of carbonyl (C=O) groups excluding carboxylic acids is 1. The van der Waals surface area contributed by atoms with Crippen molar-refractivity contribution in [2.45, 2.75) is 57.6 Å². The Labute approximate surface area is 179 Å². The van der Waals surface area contributed by atoms with Gasteiger partial charge in [-0.2, -0.15) is 0 Å². The molecule has 30 heavy (non-hydrogen) atoms. The number of hydrogen-bond donors (Lipinski definition) is 1. The van der Waals surface area contributed by atoms with Gasteiger partial charge in [-0.25, -0.2) is 0 Å². The molecule has 1 aromatic carbocycles. The predicted octanol–water partition coefficient (Wildman–Crippen LogP) is 4.14. The molecule has 3 heterocycles. The van der Waals surface area contributed by atoms with Gasteiger partial charge in [-0.1, -0.05) is 32.0 Å². The minimum atomic E-state index is -0.161. The highest BCUT2D eigenvalue weighted by molar-refractivity contribution is 5.77. The molecule has 2 aliphatic rings. The number of carbonyl (C=O) groups is 1. The second-order valence-electron chi connectivity index (χ2n) is 9.26. The van der Waals surface area contributed by atoms with E-state index in [-0.39, 0.29) is 17.4 Å². The first-order chi connectivity index (χ1) is 14.5. The van der Waals surface area contributed by atoms with E-state index in [1.165, 1.54) is 11.1 Å². The number of rotatable bonds is 6. The van der Waals surface area contributed by atoms with Gasteiger partial charge in [-0.15, -0.1) is 0 Å². The predicted molar refractivity (Wildman–Crippen MR) is 118 cm³/mol. The molecule has 1 atom stereocenters. The van der Waals surface area contributed by atoms with Gasteiger partial charge in [0.15, 0.2) is 0 Å². The molecule has 1 fully saturated rings. The largest absolute Gasteiger partial charge is 0.487 e. The van der Waals surface area contributed by atoms with Crippen molar-refractivity contribution in [1.29, 1.82) is 0 Å². The van der Waals surface area contributed by atoms with E-state index in [4.69, 9.17) is 4.74 Å². The Morgan fingerprint density at radius 1 is 1.20 bits per heavy atom. The number of nitrogens with one attached hydrogen (secondary N) is 1. The normalized spacial score (nSPS) is 20.6. The van der Waals surface area contributed by atoms with Crippen molar-refractivity contribution >= 4 is 5.91 Å². The molecule has 2 aliphatic heterocycles. The van der Waals surface area contributed by atoms with Crippen LogP contribution in [0.5, 0.6) is 5.75 Å². The summed E-state index contributed by atoms with van der Waals surface area (Å²) in [6.07, 6.45) is 7.17. The van der Waals surface area contributed by atoms with Crippen molar-refractivity contribution in [2.24, 2.45) is 5.92 Å². The molecule has 0 saturated carbocycles. The molecular formula is C25H33N3O2. The molecular weight excluding hydrogens is 374 g/mol. The van der Waals surface area contributed by atoms with Crippen LogP contribution in [-0.4, -0.2) is 41.0 Å². The Bertz CT molecular complexity index is 844. The second-order valence-corrected chi connectivity index (χ2v) is 9.26. The molecule has 5 heteroatoms. The third-order valence-corrected chi connectivity index (χ3v) is 6.37. The van der Waals surface area contributed by atoms with Crippen molar-refractivity contribution in [3.63, 3.8) is 0 Å². The molecule has 5 nitrogen and oxygen atoms in total. The maximum Gasteiger partial charge on any atom is 0.220 e. The summed E-state index contributed by atoms with van der Waals surface area (Å²) in [5.41, 5.74) is 2.32. The van der Waals surface area contributed by atoms with Crippen molar-refractivity contribution in [1.82, 2.24) is 15.2 Å². The van der Waals surface area contributed by atoms with E-state index >= 15 is 0 Å². The summed E-state index contributed by atoms with van der Waals surface area (Å²) < 4.78 is 6.60. The van der Waals surface area contributed by atoms with Gasteiger partial charge in [0.05, 0.1) is 0 Å². The fraction of sp³-hybridized carbons (Fsp3) is 0.520. The quantitative estimate of drug-likeness (QED) is 0.782. The Balaban J connectivity index is 1.43. The van der Waals surface area contributed by atoms with E-state index in [0.717, 1.165) is 51.2 Å². The molecule has 1 amide bonds. The van der Waals surface area contributed by atoms with Crippen LogP contribution in [0.15, 0.2) is 48.8 Å². The number of fused-ring (bicyclic) bond motifs is 1. The van der Waals surface area contributed by atoms with Gasteiger partial charge < -0.3 is 10.1 Å². The number of piperidine rings is 1. The molecule has 1 unspecified atom stereocenters. The van der Waals surface area contributed by atoms with Crippen LogP contribution in [0.4, 0.5) is 0 Å². The minimum absolute atomic E-state index is 0.149. The maximum atomic E-state index is 12.6. The van der Waals surface area contributed by atoms with Crippen LogP contribution >= 0.6 is 0 Å². The standard InChI is InChI=1S/C25H33N3O2/c1-19(2)17-27-24(29)15-21-16-25(30-23-6-4-3-5-22(21)23)9-13-28(14-10-25)18-20-7-11-26-12-8-20/h3-8,11-12,19,21H,9-10,13-18H2,1-2H3,(H,27,29). The number of benzene rings is 1. The summed E-state index contributed by atoms with van der Waals surface area (Å²) in [7, 11) is 0. The van der Waals surface area contributed by atoms with Gasteiger partial charge in [-0.3, -0.25) is 14.7 Å². The van der Waals surface area contributed by atoms with Crippen LogP contribution < -0.4 is 10.1 Å². The van der Waals surface area contributed by atoms with Crippen LogP contribution in [0.25, 0.3) is 0 Å². The number of hydrogen-bond acceptors (Lipinski definition) is 4. The Morgan fingerprint density at radius 2 is 1.93 bits per heavy atom. The summed E-state index contributed by atoms with van der Waals surface area (Å²) in [6.45, 7) is 7.96. The SMILES string of the molecule is CC(C)CNC(=O)CC1CC2(CCN(Cc3ccncc3)CC2)Oc2ccccc21. The number of nitrogens with zero attached hydrogens (tertiary/aromatic N) is 2. The van der Waals surface area contributed by atoms with Crippen LogP contribution in [0.2, 0.25) is 0 Å². The third-order valence-electron chi connectivity index (χ3n) is 6.37. The van der Waals surface area contributed by atoms with Crippen molar-refractivity contribution in [2.75, 3.05) is 19.6 Å². The summed E-state index contributed by atoms with van der Waals surface area (Å²) in [5, 5.41) is 3.09. The Hall–Kier alpha value is -2.40. The number of ether oxygens (including phenoxy) is 1. The van der Waals surface area contributed by atoms with Crippen LogP contribution in [0.3, 0.4) is 0 Å². The van der Waals surface area contributed by atoms with Crippen molar-refractivity contribution in [3.05, 3.63) is 59.9 Å². The van der Waals surface area contributed by atoms with E-state index < -0.39 is 0 Å². The van der Waals surface area contributed by atoms with Gasteiger partial charge in [0.25, 0.3) is 0 Å². The summed E-state index contributed by atoms with van der Waals surface area (Å²) in [6, 6.07) is 12.5. The third kappa shape index (κ3) is 5.01. The molecule has 2 aromatic rings. The first kappa shape index (κ1) is 20.9. The van der Waals surface area contributed by atoms with E-state index in [2.05, 4.69) is 59.4 Å². The number of aromatic nitrogens is 1. The summed E-state index contributed by atoms with van der Waals surface area (Å²) in [4.78, 5) is 19.2. The smallest absolute Gasteiger partial charge is 0.220 e. The lowest BCUT2D eigenvalue weighted by Gasteiger charge is -2.47. The lowest BCUT2D eigenvalue weighted by molar-refractivity contribution is -0.122. The molecule has 0 radical (unpaired) electrons. The van der Waals surface area contributed by atoms with Gasteiger partial charge >= 0.3 is 0 Å². The zero-order chi connectivity index (χ0) is 21.0. The summed E-state index contributed by atoms with van der Waals surface area (Å²) >= 11 is 0. The van der Waals surface area contributed by atoms with Crippen LogP contribution in [-0.2, 0) is 11.3 Å². The molecule has 160 valence electrons. The van der Waals surface area contributed by atoms with Gasteiger partial charge in [-0.05, 0) is 54.5 Å². The fourth-order valence-electron chi connectivity index (χ4n) is 4.71. The second kappa shape index (κ2) is 9.17. The lowest BCUT2D eigenvalue weighted by Crippen LogP contribution is -2.50. The van der Waals surface area contributed by atoms with Crippen LogP contribution in [0, 0.1) is 5.92 Å². The van der Waals surface area contributed by atoms with E-state index in [9.17, 15) is 4.79 Å². The van der Waals surface area contributed by atoms with Crippen LogP contribution in [0.1, 0.15) is 56.6 Å². The lowest BCUT2D eigenvalue weighted by atomic mass is 9.76. The number of pyridine rings is 1. The number of amides is 1. The molecule has 4 rings (SSSR count). The topological polar surface area (TPSA) is 54.5 Å². The number of para-hydroxylation sites is 1. The van der Waals surface area contributed by atoms with Gasteiger partial charge in [0, 0.05) is 50.9 Å². The molecule has 0 aliphatic carbocycles. The zero-order valence-corrected chi connectivity index (χ0v) is 18.1. The molecule has 1 N–H and O–H groups in total. The average Bonchev–Trinajstić information content (AvgIpc) is 2.75. The fourth-order valence-corrected chi connectivity index (χ4v) is 4.71. The monoisotopic (exact) mass is 407 g/mol. The Kier molecular flexibility index (Phi) is 6.38. The highest BCUT2D eigenvalue weighted by Crippen LogP contribution is 2.46. The van der Waals surface area contributed by atoms with E-state index in [1.54, 1.807) is 0 Å². The van der Waals surface area contributed by atoms with E-state index in [1.807, 2.05) is 18.5 Å². The number of likely N-dealkylation sites (tertiary alicyclic amines) is 1. The van der Waals surface area contributed by atoms with Crippen molar-refractivity contribution < 1.29 is 9.53 Å². The van der Waals surface area contributed by atoms with Gasteiger partial charge in [0.2, 0.25) is 5.91 Å². The summed E-state index contributed by atoms with van der Waals surface area (Å²) in [5.74, 6) is 1.80. The zero-order valence-electron chi connectivity index (χ0n) is 18.1. The van der Waals surface area contributed by atoms with Gasteiger partial charge in [0.1, 0.15) is 11.4 Å². The molecule has 1 spiro atoms. The molecule has 0 bridgehead atoms. The first-order valence-corrected chi connectivity index (χ1v) is 11.2.